The number of carbonyl (C=O) groups is 1. The van der Waals surface area contributed by atoms with Crippen LogP contribution in [0.2, 0.25) is 0 Å². The molecule has 8 nitrogen and oxygen atoms in total. The van der Waals surface area contributed by atoms with Crippen molar-refractivity contribution in [2.45, 2.75) is 309 Å². The van der Waals surface area contributed by atoms with E-state index < -0.39 is 13.9 Å². The molecule has 0 aliphatic heterocycles. The van der Waals surface area contributed by atoms with Gasteiger partial charge in [-0.2, -0.15) is 0 Å². The number of esters is 1. The third-order valence-electron chi connectivity index (χ3n) is 13.4. The third-order valence-corrected chi connectivity index (χ3v) is 14.4. The molecule has 0 aromatic carbocycles. The predicted octanol–water partition coefficient (Wildman–Crippen LogP) is 17.7. The molecule has 396 valence electrons. The van der Waals surface area contributed by atoms with Crippen molar-refractivity contribution in [1.82, 2.24) is 0 Å². The van der Waals surface area contributed by atoms with Gasteiger partial charge in [0.25, 0.3) is 7.82 Å². The van der Waals surface area contributed by atoms with Crippen LogP contribution in [-0.2, 0) is 27.9 Å². The Bertz CT molecular complexity index is 1020. The van der Waals surface area contributed by atoms with Gasteiger partial charge in [-0.25, -0.2) is 0 Å². The van der Waals surface area contributed by atoms with Crippen LogP contribution in [0, 0.1) is 0 Å². The Labute approximate surface area is 412 Å². The second-order valence-corrected chi connectivity index (χ2v) is 22.8. The average Bonchev–Trinajstić information content (AvgIpc) is 3.28. The maximum atomic E-state index is 12.8. The minimum atomic E-state index is -4.53. The number of quaternary nitrogens is 1. The number of hydrogen-bond acceptors (Lipinski definition) is 7. The maximum Gasteiger partial charge on any atom is 0.306 e. The van der Waals surface area contributed by atoms with E-state index in [1.165, 1.54) is 250 Å². The molecule has 0 radical (unpaired) electrons. The summed E-state index contributed by atoms with van der Waals surface area (Å²) in [4.78, 5) is 25.3. The van der Waals surface area contributed by atoms with Gasteiger partial charge < -0.3 is 27.9 Å². The molecule has 2 atom stereocenters. The Morgan fingerprint density at radius 1 is 0.409 bits per heavy atom. The molecular weight excluding hydrogens is 842 g/mol. The number of likely N-dealkylation sites (N-methyl/N-ethyl adjacent to an activating group) is 1. The third kappa shape index (κ3) is 54.4. The van der Waals surface area contributed by atoms with Crippen LogP contribution in [0.3, 0.4) is 0 Å². The number of unbranched alkanes of at least 4 members (excludes halogenated alkanes) is 42. The van der Waals surface area contributed by atoms with E-state index in [0.717, 1.165) is 32.1 Å². The molecule has 0 saturated carbocycles. The molecule has 0 spiro atoms. The zero-order valence-corrected chi connectivity index (χ0v) is 46.1. The molecule has 0 aromatic heterocycles. The molecule has 0 aromatic rings. The lowest BCUT2D eigenvalue weighted by Gasteiger charge is -2.28. The molecule has 0 aliphatic carbocycles. The molecule has 66 heavy (non-hydrogen) atoms. The Kier molecular flexibility index (Phi) is 50.5. The van der Waals surface area contributed by atoms with E-state index in [1.54, 1.807) is 0 Å². The second-order valence-electron chi connectivity index (χ2n) is 21.4. The molecule has 0 aliphatic rings. The van der Waals surface area contributed by atoms with Crippen molar-refractivity contribution in [2.24, 2.45) is 0 Å². The highest BCUT2D eigenvalue weighted by Gasteiger charge is 2.20. The zero-order chi connectivity index (χ0) is 48.3. The van der Waals surface area contributed by atoms with Gasteiger partial charge in [-0.05, 0) is 12.8 Å². The first-order valence-electron chi connectivity index (χ1n) is 29.3. The molecular formula is C57H116NO7P. The van der Waals surface area contributed by atoms with Crippen molar-refractivity contribution in [3.63, 3.8) is 0 Å². The van der Waals surface area contributed by atoms with Crippen LogP contribution < -0.4 is 4.89 Å². The van der Waals surface area contributed by atoms with Crippen molar-refractivity contribution in [2.75, 3.05) is 54.1 Å². The number of phosphoric acid groups is 1. The summed E-state index contributed by atoms with van der Waals surface area (Å²) in [5.74, 6) is -0.323. The van der Waals surface area contributed by atoms with E-state index in [1.807, 2.05) is 21.1 Å². The monoisotopic (exact) mass is 958 g/mol. The SMILES string of the molecule is CCCCCCCCCCCCCCCCCCCCCCCCCC(=O)OC(COCCCCCCCCCCCCCCCCCCCCCCC)COP(=O)([O-])OCC[N+](C)(C)C. The van der Waals surface area contributed by atoms with Crippen molar-refractivity contribution in [1.29, 1.82) is 0 Å². The van der Waals surface area contributed by atoms with E-state index in [0.29, 0.717) is 24.1 Å². The lowest BCUT2D eigenvalue weighted by atomic mass is 10.0. The predicted molar refractivity (Wildman–Crippen MR) is 282 cm³/mol. The topological polar surface area (TPSA) is 94.1 Å². The molecule has 0 fully saturated rings. The Hall–Kier alpha value is -0.500. The minimum Gasteiger partial charge on any atom is -0.756 e. The zero-order valence-electron chi connectivity index (χ0n) is 45.2. The van der Waals surface area contributed by atoms with Gasteiger partial charge in [0.05, 0.1) is 34.4 Å². The van der Waals surface area contributed by atoms with E-state index in [9.17, 15) is 14.3 Å². The molecule has 2 unspecified atom stereocenters. The number of ether oxygens (including phenoxy) is 2. The molecule has 0 rings (SSSR count). The van der Waals surface area contributed by atoms with Crippen molar-refractivity contribution in [3.05, 3.63) is 0 Å². The van der Waals surface area contributed by atoms with Crippen molar-refractivity contribution in [3.8, 4) is 0 Å². The summed E-state index contributed by atoms with van der Waals surface area (Å²) in [6.07, 6.45) is 58.6. The lowest BCUT2D eigenvalue weighted by Crippen LogP contribution is -2.37. The highest BCUT2D eigenvalue weighted by Crippen LogP contribution is 2.38. The summed E-state index contributed by atoms with van der Waals surface area (Å²) in [5, 5.41) is 0. The van der Waals surface area contributed by atoms with Gasteiger partial charge in [-0.3, -0.25) is 9.36 Å². The van der Waals surface area contributed by atoms with E-state index >= 15 is 0 Å². The largest absolute Gasteiger partial charge is 0.756 e. The number of carbonyl (C=O) groups excluding carboxylic acids is 1. The molecule has 0 saturated heterocycles. The fraction of sp³-hybridized carbons (Fsp3) is 0.982. The van der Waals surface area contributed by atoms with Crippen molar-refractivity contribution < 1.29 is 37.3 Å². The van der Waals surface area contributed by atoms with Crippen LogP contribution >= 0.6 is 7.82 Å². The standard InChI is InChI=1S/C57H116NO7P/c1-6-8-10-12-14-16-18-20-22-24-26-28-29-30-32-34-36-38-40-42-44-46-48-50-57(59)65-56(55-64-66(60,61)63-53-51-58(3,4)5)54-62-52-49-47-45-43-41-39-37-35-33-31-27-25-23-21-19-17-15-13-11-9-7-2/h56H,6-55H2,1-5H3. The van der Waals surface area contributed by atoms with E-state index in [4.69, 9.17) is 18.5 Å². The minimum absolute atomic E-state index is 0.0320. The molecule has 0 amide bonds. The molecule has 9 heteroatoms. The molecule has 0 heterocycles. The van der Waals surface area contributed by atoms with Gasteiger partial charge in [0.2, 0.25) is 0 Å². The first kappa shape index (κ1) is 65.5. The van der Waals surface area contributed by atoms with E-state index in [-0.39, 0.29) is 25.8 Å². The Morgan fingerprint density at radius 3 is 1.00 bits per heavy atom. The molecule has 0 bridgehead atoms. The van der Waals surface area contributed by atoms with Crippen LogP contribution in [0.5, 0.6) is 0 Å². The summed E-state index contributed by atoms with van der Waals surface area (Å²) in [6.45, 7) is 5.51. The lowest BCUT2D eigenvalue weighted by molar-refractivity contribution is -0.870. The van der Waals surface area contributed by atoms with E-state index in [2.05, 4.69) is 13.8 Å². The van der Waals surface area contributed by atoms with Crippen LogP contribution in [0.25, 0.3) is 0 Å². The normalized spacial score (nSPS) is 13.4. The van der Waals surface area contributed by atoms with Crippen LogP contribution in [0.15, 0.2) is 0 Å². The summed E-state index contributed by atoms with van der Waals surface area (Å²) < 4.78 is 34.9. The smallest absolute Gasteiger partial charge is 0.306 e. The fourth-order valence-electron chi connectivity index (χ4n) is 8.90. The number of phosphoric ester groups is 1. The highest BCUT2D eigenvalue weighted by molar-refractivity contribution is 7.45. The average molecular weight is 959 g/mol. The maximum absolute atomic E-state index is 12.8. The summed E-state index contributed by atoms with van der Waals surface area (Å²) >= 11 is 0. The number of hydrogen-bond donors (Lipinski definition) is 0. The number of rotatable bonds is 56. The Balaban J connectivity index is 4.00. The summed E-state index contributed by atoms with van der Waals surface area (Å²) in [5.41, 5.74) is 0. The van der Waals surface area contributed by atoms with Gasteiger partial charge in [-0.15, -0.1) is 0 Å². The van der Waals surface area contributed by atoms with Crippen molar-refractivity contribution >= 4 is 13.8 Å². The van der Waals surface area contributed by atoms with Gasteiger partial charge in [0.15, 0.2) is 0 Å². The van der Waals surface area contributed by atoms with Gasteiger partial charge in [0, 0.05) is 13.0 Å². The van der Waals surface area contributed by atoms with Crippen LogP contribution in [0.1, 0.15) is 303 Å². The van der Waals surface area contributed by atoms with Crippen LogP contribution in [0.4, 0.5) is 0 Å². The van der Waals surface area contributed by atoms with Crippen LogP contribution in [-0.4, -0.2) is 70.7 Å². The fourth-order valence-corrected chi connectivity index (χ4v) is 9.63. The Morgan fingerprint density at radius 2 is 0.697 bits per heavy atom. The quantitative estimate of drug-likeness (QED) is 0.0259. The van der Waals surface area contributed by atoms with Gasteiger partial charge in [0.1, 0.15) is 19.3 Å². The second kappa shape index (κ2) is 50.9. The van der Waals surface area contributed by atoms with Gasteiger partial charge >= 0.3 is 5.97 Å². The molecule has 0 N–H and O–H groups in total. The first-order valence-corrected chi connectivity index (χ1v) is 30.7. The summed E-state index contributed by atoms with van der Waals surface area (Å²) in [6, 6.07) is 0. The highest BCUT2D eigenvalue weighted by atomic mass is 31.2. The van der Waals surface area contributed by atoms with Gasteiger partial charge in [-0.1, -0.05) is 284 Å². The number of nitrogens with zero attached hydrogens (tertiary/aromatic N) is 1. The first-order chi connectivity index (χ1) is 32.1. The summed E-state index contributed by atoms with van der Waals surface area (Å²) in [7, 11) is 1.38.